The van der Waals surface area contributed by atoms with Gasteiger partial charge in [0.25, 0.3) is 0 Å². The molecule has 4 heterocycles. The number of amides is 1. The molecule has 1 unspecified atom stereocenters. The molecule has 0 radical (unpaired) electrons. The lowest BCUT2D eigenvalue weighted by molar-refractivity contribution is -0.945. The number of carbonyl (C=O) groups excluding carboxylic acids is 1. The molecule has 3 fully saturated rings. The second-order valence-corrected chi connectivity index (χ2v) is 6.95. The first-order valence-corrected chi connectivity index (χ1v) is 8.21. The van der Waals surface area contributed by atoms with E-state index < -0.39 is 0 Å². The molecular weight excluding hydrogens is 282 g/mol. The van der Waals surface area contributed by atoms with E-state index in [1.54, 1.807) is 0 Å². The van der Waals surface area contributed by atoms with E-state index in [0.717, 1.165) is 32.5 Å². The van der Waals surface area contributed by atoms with Crippen molar-refractivity contribution in [1.29, 1.82) is 0 Å². The normalized spacial score (nSPS) is 30.7. The smallest absolute Gasteiger partial charge is 0.229 e. The number of rotatable bonds is 5. The van der Waals surface area contributed by atoms with Crippen LogP contribution in [0.25, 0.3) is 0 Å². The van der Waals surface area contributed by atoms with E-state index in [4.69, 9.17) is 5.11 Å². The van der Waals surface area contributed by atoms with E-state index in [9.17, 15) is 4.79 Å². The van der Waals surface area contributed by atoms with Gasteiger partial charge in [0.05, 0.1) is 38.4 Å². The van der Waals surface area contributed by atoms with Crippen molar-refractivity contribution in [2.75, 3.05) is 13.1 Å². The van der Waals surface area contributed by atoms with Crippen molar-refractivity contribution in [2.24, 2.45) is 11.8 Å². The summed E-state index contributed by atoms with van der Waals surface area (Å²) in [6.45, 7) is 6.84. The van der Waals surface area contributed by atoms with E-state index in [2.05, 4.69) is 15.6 Å². The number of quaternary nitrogens is 1. The number of nitrogens with one attached hydrogen (secondary N) is 2. The maximum Gasteiger partial charge on any atom is 0.229 e. The Morgan fingerprint density at radius 1 is 1.59 bits per heavy atom. The number of hydrogen-bond acceptors (Lipinski definition) is 4. The lowest BCUT2D eigenvalue weighted by atomic mass is 9.75. The molecule has 3 aliphatic rings. The predicted octanol–water partition coefficient (Wildman–Crippen LogP) is -1.41. The molecule has 7 nitrogen and oxygen atoms in total. The SMILES string of the molecule is CC(C)NC(=O)[C@H]1C[NH+]2CC[C@@H]1C[C@@H]2Cn1cc(CO)nn1. The van der Waals surface area contributed by atoms with Crippen LogP contribution in [0.4, 0.5) is 0 Å². The molecule has 0 aromatic carbocycles. The van der Waals surface area contributed by atoms with Crippen molar-refractivity contribution in [1.82, 2.24) is 20.3 Å². The molecular formula is C15H26N5O2+. The van der Waals surface area contributed by atoms with Crippen LogP contribution in [0.1, 0.15) is 32.4 Å². The van der Waals surface area contributed by atoms with Gasteiger partial charge < -0.3 is 15.3 Å². The van der Waals surface area contributed by atoms with E-state index in [1.807, 2.05) is 24.7 Å². The Labute approximate surface area is 130 Å². The van der Waals surface area contributed by atoms with Gasteiger partial charge in [-0.3, -0.25) is 4.79 Å². The second-order valence-electron chi connectivity index (χ2n) is 6.95. The Morgan fingerprint density at radius 2 is 2.41 bits per heavy atom. The zero-order valence-corrected chi connectivity index (χ0v) is 13.3. The number of hydrogen-bond donors (Lipinski definition) is 3. The summed E-state index contributed by atoms with van der Waals surface area (Å²) in [6, 6.07) is 0.705. The average Bonchev–Trinajstić information content (AvgIpc) is 2.95. The van der Waals surface area contributed by atoms with E-state index in [1.165, 1.54) is 4.90 Å². The van der Waals surface area contributed by atoms with Crippen molar-refractivity contribution in [3.63, 3.8) is 0 Å². The van der Waals surface area contributed by atoms with Crippen LogP contribution in [-0.4, -0.2) is 51.2 Å². The topological polar surface area (TPSA) is 84.5 Å². The number of aromatic nitrogens is 3. The third-order valence-electron chi connectivity index (χ3n) is 4.98. The molecule has 0 aliphatic carbocycles. The zero-order valence-electron chi connectivity index (χ0n) is 13.3. The van der Waals surface area contributed by atoms with E-state index in [0.29, 0.717) is 17.7 Å². The summed E-state index contributed by atoms with van der Waals surface area (Å²) in [6.07, 6.45) is 4.02. The van der Waals surface area contributed by atoms with Crippen LogP contribution in [0.5, 0.6) is 0 Å². The van der Waals surface area contributed by atoms with Gasteiger partial charge in [0.15, 0.2) is 0 Å². The lowest BCUT2D eigenvalue weighted by Gasteiger charge is -2.46. The Hall–Kier alpha value is -1.47. The van der Waals surface area contributed by atoms with Gasteiger partial charge in [0, 0.05) is 18.9 Å². The third-order valence-corrected chi connectivity index (χ3v) is 4.98. The van der Waals surface area contributed by atoms with Crippen molar-refractivity contribution >= 4 is 5.91 Å². The number of piperidine rings is 3. The van der Waals surface area contributed by atoms with Crippen LogP contribution in [-0.2, 0) is 17.9 Å². The summed E-state index contributed by atoms with van der Waals surface area (Å²) in [5.41, 5.74) is 0.611. The molecule has 4 rings (SSSR count). The van der Waals surface area contributed by atoms with Gasteiger partial charge >= 0.3 is 0 Å². The van der Waals surface area contributed by atoms with Gasteiger partial charge in [0.2, 0.25) is 5.91 Å². The summed E-state index contributed by atoms with van der Waals surface area (Å²) in [5, 5.41) is 20.1. The quantitative estimate of drug-likeness (QED) is 0.624. The van der Waals surface area contributed by atoms with E-state index in [-0.39, 0.29) is 24.5 Å². The molecule has 4 atom stereocenters. The molecule has 1 aromatic rings. The van der Waals surface area contributed by atoms with Gasteiger partial charge in [-0.05, 0) is 19.8 Å². The Balaban J connectivity index is 1.61. The predicted molar refractivity (Wildman–Crippen MR) is 79.9 cm³/mol. The number of aliphatic hydroxyl groups is 1. The minimum atomic E-state index is -0.0681. The van der Waals surface area contributed by atoms with Crippen LogP contribution in [0.2, 0.25) is 0 Å². The Kier molecular flexibility index (Phi) is 4.44. The monoisotopic (exact) mass is 308 g/mol. The minimum Gasteiger partial charge on any atom is -0.390 e. The number of fused-ring (bicyclic) bond motifs is 3. The van der Waals surface area contributed by atoms with E-state index >= 15 is 0 Å². The third kappa shape index (κ3) is 3.15. The second kappa shape index (κ2) is 6.34. The molecule has 2 bridgehead atoms. The lowest BCUT2D eigenvalue weighted by Crippen LogP contribution is -3.20. The fourth-order valence-electron chi connectivity index (χ4n) is 3.94. The van der Waals surface area contributed by atoms with Gasteiger partial charge in [-0.25, -0.2) is 4.68 Å². The van der Waals surface area contributed by atoms with Crippen molar-refractivity contribution < 1.29 is 14.8 Å². The summed E-state index contributed by atoms with van der Waals surface area (Å²) < 4.78 is 1.83. The van der Waals surface area contributed by atoms with Gasteiger partial charge in [-0.1, -0.05) is 5.21 Å². The Bertz CT molecular complexity index is 530. The first-order valence-electron chi connectivity index (χ1n) is 8.21. The molecule has 22 heavy (non-hydrogen) atoms. The number of carbonyl (C=O) groups is 1. The first-order chi connectivity index (χ1) is 10.6. The standard InChI is InChI=1S/C15H25N5O2/c1-10(2)16-15(22)14-8-19-4-3-11(14)5-13(19)7-20-6-12(9-21)17-18-20/h6,10-11,13-14,21H,3-5,7-9H2,1-2H3,(H,16,22)/p+1/t11-,13-,14+/m1/s1. The average molecular weight is 308 g/mol. The summed E-state index contributed by atoms with van der Waals surface area (Å²) in [5.74, 6) is 0.868. The summed E-state index contributed by atoms with van der Waals surface area (Å²) in [7, 11) is 0. The number of aliphatic hydroxyl groups excluding tert-OH is 1. The van der Waals surface area contributed by atoms with Crippen molar-refractivity contribution in [2.45, 2.75) is 51.9 Å². The minimum absolute atomic E-state index is 0.0681. The van der Waals surface area contributed by atoms with Crippen LogP contribution in [0.15, 0.2) is 6.20 Å². The highest BCUT2D eigenvalue weighted by Gasteiger charge is 2.46. The maximum absolute atomic E-state index is 12.3. The highest BCUT2D eigenvalue weighted by Crippen LogP contribution is 2.27. The van der Waals surface area contributed by atoms with Crippen molar-refractivity contribution in [3.8, 4) is 0 Å². The maximum atomic E-state index is 12.3. The summed E-state index contributed by atoms with van der Waals surface area (Å²) >= 11 is 0. The van der Waals surface area contributed by atoms with Crippen molar-refractivity contribution in [3.05, 3.63) is 11.9 Å². The molecule has 1 aromatic heterocycles. The molecule has 1 amide bonds. The van der Waals surface area contributed by atoms with Crippen LogP contribution < -0.4 is 10.2 Å². The number of nitrogens with zero attached hydrogens (tertiary/aromatic N) is 3. The first kappa shape index (κ1) is 15.4. The molecule has 3 N–H and O–H groups in total. The molecule has 122 valence electrons. The molecule has 3 saturated heterocycles. The fraction of sp³-hybridized carbons (Fsp3) is 0.800. The molecule has 0 saturated carbocycles. The van der Waals surface area contributed by atoms with Gasteiger partial charge in [-0.2, -0.15) is 0 Å². The Morgan fingerprint density at radius 3 is 3.00 bits per heavy atom. The van der Waals surface area contributed by atoms with Crippen LogP contribution >= 0.6 is 0 Å². The highest BCUT2D eigenvalue weighted by atomic mass is 16.3. The molecule has 7 heteroatoms. The highest BCUT2D eigenvalue weighted by molar-refractivity contribution is 5.79. The summed E-state index contributed by atoms with van der Waals surface area (Å²) in [4.78, 5) is 13.8. The largest absolute Gasteiger partial charge is 0.390 e. The van der Waals surface area contributed by atoms with Gasteiger partial charge in [0.1, 0.15) is 11.7 Å². The fourth-order valence-corrected chi connectivity index (χ4v) is 3.94. The molecule has 3 aliphatic heterocycles. The molecule has 0 spiro atoms. The van der Waals surface area contributed by atoms with Crippen LogP contribution in [0.3, 0.4) is 0 Å². The van der Waals surface area contributed by atoms with Crippen LogP contribution in [0, 0.1) is 11.8 Å². The van der Waals surface area contributed by atoms with Gasteiger partial charge in [-0.15, -0.1) is 5.10 Å². The zero-order chi connectivity index (χ0) is 15.7.